The highest BCUT2D eigenvalue weighted by molar-refractivity contribution is 8.38. The summed E-state index contributed by atoms with van der Waals surface area (Å²) in [5.41, 5.74) is -2.36. The SMILES string of the molecule is O=C(c1ccccc1Cl)P(=S)(C(=O)c1ccccc1Cl)C(=O)c1ccccc1Cl. The molecule has 29 heavy (non-hydrogen) atoms. The number of hydrogen-bond acceptors (Lipinski definition) is 4. The monoisotopic (exact) mass is 480 g/mol. The molecule has 0 unspecified atom stereocenters. The van der Waals surface area contributed by atoms with Gasteiger partial charge in [0.25, 0.3) is 0 Å². The maximum absolute atomic E-state index is 13.5. The van der Waals surface area contributed by atoms with Gasteiger partial charge in [-0.15, -0.1) is 0 Å². The Labute approximate surface area is 187 Å². The first-order valence-corrected chi connectivity index (χ1v) is 12.2. The van der Waals surface area contributed by atoms with E-state index in [1.807, 2.05) is 0 Å². The molecule has 0 atom stereocenters. The first-order valence-electron chi connectivity index (χ1n) is 8.26. The van der Waals surface area contributed by atoms with Crippen LogP contribution in [0.1, 0.15) is 31.1 Å². The van der Waals surface area contributed by atoms with Crippen molar-refractivity contribution in [1.82, 2.24) is 0 Å². The zero-order valence-corrected chi connectivity index (χ0v) is 18.6. The predicted octanol–water partition coefficient (Wildman–Crippen LogP) is 6.95. The van der Waals surface area contributed by atoms with Crippen molar-refractivity contribution < 1.29 is 14.4 Å². The molecule has 0 saturated carbocycles. The normalized spacial score (nSPS) is 11.1. The molecular weight excluding hydrogens is 470 g/mol. The third-order valence-corrected chi connectivity index (χ3v) is 9.09. The summed E-state index contributed by atoms with van der Waals surface area (Å²) in [6.07, 6.45) is 0. The Bertz CT molecular complexity index is 1050. The van der Waals surface area contributed by atoms with Gasteiger partial charge in [0, 0.05) is 16.7 Å². The second-order valence-corrected chi connectivity index (χ2v) is 11.3. The highest BCUT2D eigenvalue weighted by Crippen LogP contribution is 2.56. The molecule has 146 valence electrons. The number of benzene rings is 3. The molecule has 0 aliphatic carbocycles. The van der Waals surface area contributed by atoms with Crippen LogP contribution in [0.5, 0.6) is 0 Å². The standard InChI is InChI=1S/C21H12Cl3O3PS/c22-16-10-4-1-7-13(16)19(25)28(29,20(26)14-8-2-5-11-17(14)23)21(27)15-9-3-6-12-18(15)24/h1-12H. The van der Waals surface area contributed by atoms with E-state index in [4.69, 9.17) is 46.6 Å². The molecule has 0 radical (unpaired) electrons. The Kier molecular flexibility index (Phi) is 6.72. The average Bonchev–Trinajstić information content (AvgIpc) is 2.72. The summed E-state index contributed by atoms with van der Waals surface area (Å²) in [4.78, 5) is 40.4. The molecule has 0 aromatic heterocycles. The van der Waals surface area contributed by atoms with E-state index < -0.39 is 22.6 Å². The quantitative estimate of drug-likeness (QED) is 0.358. The van der Waals surface area contributed by atoms with Crippen molar-refractivity contribution in [3.63, 3.8) is 0 Å². The fourth-order valence-electron chi connectivity index (χ4n) is 2.69. The van der Waals surface area contributed by atoms with Gasteiger partial charge in [0.2, 0.25) is 16.6 Å². The van der Waals surface area contributed by atoms with Crippen molar-refractivity contribution in [3.8, 4) is 0 Å². The lowest BCUT2D eigenvalue weighted by Gasteiger charge is -2.20. The van der Waals surface area contributed by atoms with Gasteiger partial charge in [-0.1, -0.05) is 83.0 Å². The molecule has 0 saturated heterocycles. The number of rotatable bonds is 6. The van der Waals surface area contributed by atoms with Crippen molar-refractivity contribution in [1.29, 1.82) is 0 Å². The maximum Gasteiger partial charge on any atom is 0.210 e. The summed E-state index contributed by atoms with van der Waals surface area (Å²) < 4.78 is 0. The van der Waals surface area contributed by atoms with Gasteiger partial charge in [-0.2, -0.15) is 0 Å². The number of hydrogen-bond donors (Lipinski definition) is 0. The summed E-state index contributed by atoms with van der Waals surface area (Å²) in [7, 11) is 0. The molecule has 0 aliphatic heterocycles. The average molecular weight is 482 g/mol. The van der Waals surface area contributed by atoms with E-state index in [-0.39, 0.29) is 31.8 Å². The van der Waals surface area contributed by atoms with Gasteiger partial charge >= 0.3 is 0 Å². The van der Waals surface area contributed by atoms with Crippen LogP contribution in [0.2, 0.25) is 15.1 Å². The van der Waals surface area contributed by atoms with Crippen LogP contribution in [0, 0.1) is 0 Å². The van der Waals surface area contributed by atoms with E-state index in [0.717, 1.165) is 0 Å². The summed E-state index contributed by atoms with van der Waals surface area (Å²) in [6, 6.07) is 14.4. The van der Waals surface area contributed by atoms with Crippen molar-refractivity contribution >= 4 is 69.2 Å². The van der Waals surface area contributed by atoms with Gasteiger partial charge in [0.05, 0.1) is 15.1 Å². The Balaban J connectivity index is 2.26. The first kappa shape index (κ1) is 21.9. The number of carbonyl (C=O) groups is 3. The molecule has 0 heterocycles. The molecule has 0 amide bonds. The van der Waals surface area contributed by atoms with Gasteiger partial charge in [0.1, 0.15) is 0 Å². The molecular formula is C21H12Cl3O3PS. The highest BCUT2D eigenvalue weighted by Gasteiger charge is 2.45. The summed E-state index contributed by atoms with van der Waals surface area (Å²) in [5.74, 6) is 0. The topological polar surface area (TPSA) is 51.2 Å². The Morgan fingerprint density at radius 1 is 0.552 bits per heavy atom. The van der Waals surface area contributed by atoms with Crippen molar-refractivity contribution in [2.45, 2.75) is 0 Å². The molecule has 3 rings (SSSR count). The van der Waals surface area contributed by atoms with Crippen molar-refractivity contribution in [3.05, 3.63) is 105 Å². The smallest absolute Gasteiger partial charge is 0.210 e. The fourth-order valence-corrected chi connectivity index (χ4v) is 6.59. The lowest BCUT2D eigenvalue weighted by Crippen LogP contribution is -2.19. The number of carbonyl (C=O) groups excluding carboxylic acids is 3. The van der Waals surface area contributed by atoms with Gasteiger partial charge in [-0.3, -0.25) is 14.4 Å². The van der Waals surface area contributed by atoms with Gasteiger partial charge in [-0.25, -0.2) is 0 Å². The molecule has 8 heteroatoms. The summed E-state index contributed by atoms with van der Waals surface area (Å²) in [6.45, 7) is 0. The second kappa shape index (κ2) is 8.91. The maximum atomic E-state index is 13.5. The van der Waals surface area contributed by atoms with Gasteiger partial charge < -0.3 is 0 Å². The summed E-state index contributed by atoms with van der Waals surface area (Å²) in [5, 5.41) is 0.307. The molecule has 0 bridgehead atoms. The van der Waals surface area contributed by atoms with Crippen LogP contribution in [0.25, 0.3) is 0 Å². The minimum absolute atomic E-state index is 0.0123. The first-order chi connectivity index (χ1) is 13.8. The lowest BCUT2D eigenvalue weighted by atomic mass is 10.2. The van der Waals surface area contributed by atoms with Crippen LogP contribution in [0.15, 0.2) is 72.8 Å². The van der Waals surface area contributed by atoms with E-state index in [9.17, 15) is 14.4 Å². The zero-order valence-electron chi connectivity index (χ0n) is 14.6. The zero-order chi connectivity index (χ0) is 21.2. The third-order valence-electron chi connectivity index (χ3n) is 4.17. The van der Waals surface area contributed by atoms with Crippen LogP contribution >= 0.6 is 40.8 Å². The van der Waals surface area contributed by atoms with E-state index in [1.165, 1.54) is 36.4 Å². The van der Waals surface area contributed by atoms with Crippen molar-refractivity contribution in [2.24, 2.45) is 0 Å². The minimum Gasteiger partial charge on any atom is -0.287 e. The van der Waals surface area contributed by atoms with Crippen LogP contribution < -0.4 is 0 Å². The second-order valence-electron chi connectivity index (χ2n) is 5.96. The molecule has 3 nitrogen and oxygen atoms in total. The molecule has 0 aliphatic rings. The van der Waals surface area contributed by atoms with Crippen LogP contribution in [-0.4, -0.2) is 16.6 Å². The van der Waals surface area contributed by atoms with E-state index in [0.29, 0.717) is 0 Å². The molecule has 0 N–H and O–H groups in total. The predicted molar refractivity (Wildman–Crippen MR) is 122 cm³/mol. The van der Waals surface area contributed by atoms with Gasteiger partial charge in [0.15, 0.2) is 6.04 Å². The van der Waals surface area contributed by atoms with Crippen LogP contribution in [0.3, 0.4) is 0 Å². The van der Waals surface area contributed by atoms with Gasteiger partial charge in [-0.05, 0) is 36.4 Å². The third kappa shape index (κ3) is 4.09. The minimum atomic E-state index is -4.08. The number of halogens is 3. The Morgan fingerprint density at radius 2 is 0.793 bits per heavy atom. The van der Waals surface area contributed by atoms with Crippen molar-refractivity contribution in [2.75, 3.05) is 0 Å². The molecule has 0 spiro atoms. The van der Waals surface area contributed by atoms with E-state index in [1.54, 1.807) is 36.4 Å². The molecule has 3 aromatic rings. The molecule has 3 aromatic carbocycles. The fraction of sp³-hybridized carbons (Fsp3) is 0. The highest BCUT2D eigenvalue weighted by atomic mass is 35.5. The van der Waals surface area contributed by atoms with E-state index in [2.05, 4.69) is 0 Å². The Morgan fingerprint density at radius 3 is 1.03 bits per heavy atom. The lowest BCUT2D eigenvalue weighted by molar-refractivity contribution is 0.102. The van der Waals surface area contributed by atoms with Crippen LogP contribution in [0.4, 0.5) is 0 Å². The molecule has 0 fully saturated rings. The Hall–Kier alpha value is -1.81. The summed E-state index contributed by atoms with van der Waals surface area (Å²) >= 11 is 24.1. The van der Waals surface area contributed by atoms with E-state index >= 15 is 0 Å². The largest absolute Gasteiger partial charge is 0.287 e. The van der Waals surface area contributed by atoms with Crippen LogP contribution in [-0.2, 0) is 11.8 Å².